The molecule has 3 aromatic rings. The number of aromatic nitrogens is 2. The van der Waals surface area contributed by atoms with Gasteiger partial charge in [-0.25, -0.2) is 13.9 Å². The van der Waals surface area contributed by atoms with Crippen molar-refractivity contribution in [3.05, 3.63) is 70.4 Å². The maximum Gasteiger partial charge on any atom is 0.325 e. The Labute approximate surface area is 152 Å². The highest BCUT2D eigenvalue weighted by Gasteiger charge is 2.49. The van der Waals surface area contributed by atoms with Gasteiger partial charge < -0.3 is 5.32 Å². The number of halogens is 1. The Morgan fingerprint density at radius 1 is 1.27 bits per heavy atom. The van der Waals surface area contributed by atoms with Gasteiger partial charge in [-0.3, -0.25) is 9.69 Å². The number of carbonyl (C=O) groups is 2. The van der Waals surface area contributed by atoms with Crippen molar-refractivity contribution >= 4 is 23.3 Å². The van der Waals surface area contributed by atoms with Gasteiger partial charge in [-0.2, -0.15) is 16.4 Å². The lowest BCUT2D eigenvalue weighted by molar-refractivity contribution is -0.131. The van der Waals surface area contributed by atoms with Gasteiger partial charge in [0, 0.05) is 6.20 Å². The van der Waals surface area contributed by atoms with Gasteiger partial charge >= 0.3 is 6.03 Å². The lowest BCUT2D eigenvalue weighted by atomic mass is 9.95. The zero-order chi connectivity index (χ0) is 18.3. The van der Waals surface area contributed by atoms with Crippen LogP contribution in [0, 0.1) is 5.82 Å². The molecule has 1 unspecified atom stereocenters. The Bertz CT molecular complexity index is 985. The fourth-order valence-electron chi connectivity index (χ4n) is 2.96. The van der Waals surface area contributed by atoms with Crippen LogP contribution in [0.1, 0.15) is 18.2 Å². The maximum absolute atomic E-state index is 13.4. The van der Waals surface area contributed by atoms with Crippen molar-refractivity contribution in [3.63, 3.8) is 0 Å². The second kappa shape index (κ2) is 6.06. The number of thiophene rings is 1. The molecule has 1 aromatic carbocycles. The van der Waals surface area contributed by atoms with Crippen LogP contribution in [0.25, 0.3) is 5.69 Å². The molecule has 0 saturated carbocycles. The molecule has 26 heavy (non-hydrogen) atoms. The van der Waals surface area contributed by atoms with Crippen LogP contribution in [0.5, 0.6) is 0 Å². The molecule has 2 aromatic heterocycles. The molecule has 8 heteroatoms. The van der Waals surface area contributed by atoms with Crippen LogP contribution in [0.4, 0.5) is 9.18 Å². The molecule has 1 aliphatic heterocycles. The Balaban J connectivity index is 1.56. The SMILES string of the molecule is CC1(c2ccsc2)NC(=O)N(Cc2ccn(-c3cccc(F)c3)n2)C1=O. The first-order valence-corrected chi connectivity index (χ1v) is 8.89. The average molecular weight is 370 g/mol. The quantitative estimate of drug-likeness (QED) is 0.718. The number of hydrogen-bond donors (Lipinski definition) is 1. The third kappa shape index (κ3) is 2.68. The number of nitrogens with one attached hydrogen (secondary N) is 1. The van der Waals surface area contributed by atoms with Crippen molar-refractivity contribution in [2.24, 2.45) is 0 Å². The van der Waals surface area contributed by atoms with Crippen molar-refractivity contribution in [1.29, 1.82) is 0 Å². The van der Waals surface area contributed by atoms with E-state index in [4.69, 9.17) is 0 Å². The lowest BCUT2D eigenvalue weighted by Crippen LogP contribution is -2.40. The minimum Gasteiger partial charge on any atom is -0.319 e. The summed E-state index contributed by atoms with van der Waals surface area (Å²) < 4.78 is 14.9. The lowest BCUT2D eigenvalue weighted by Gasteiger charge is -2.20. The molecule has 0 radical (unpaired) electrons. The van der Waals surface area contributed by atoms with E-state index < -0.39 is 11.6 Å². The smallest absolute Gasteiger partial charge is 0.319 e. The molecular weight excluding hydrogens is 355 g/mol. The molecule has 132 valence electrons. The molecule has 1 fully saturated rings. The number of carbonyl (C=O) groups excluding carboxylic acids is 2. The van der Waals surface area contributed by atoms with Gasteiger partial charge in [0.2, 0.25) is 0 Å². The second-order valence-electron chi connectivity index (χ2n) is 6.19. The van der Waals surface area contributed by atoms with Gasteiger partial charge in [-0.05, 0) is 53.6 Å². The monoisotopic (exact) mass is 370 g/mol. The molecule has 1 saturated heterocycles. The number of imide groups is 1. The number of rotatable bonds is 4. The first-order valence-electron chi connectivity index (χ1n) is 7.95. The number of hydrogen-bond acceptors (Lipinski definition) is 4. The van der Waals surface area contributed by atoms with Crippen molar-refractivity contribution in [1.82, 2.24) is 20.0 Å². The molecule has 3 heterocycles. The highest BCUT2D eigenvalue weighted by Crippen LogP contribution is 2.30. The zero-order valence-electron chi connectivity index (χ0n) is 13.8. The van der Waals surface area contributed by atoms with E-state index in [1.54, 1.807) is 31.3 Å². The van der Waals surface area contributed by atoms with Crippen LogP contribution in [0.2, 0.25) is 0 Å². The molecular formula is C18H15FN4O2S. The third-order valence-electron chi connectivity index (χ3n) is 4.41. The molecule has 4 rings (SSSR count). The number of benzene rings is 1. The van der Waals surface area contributed by atoms with Crippen LogP contribution in [0.15, 0.2) is 53.4 Å². The molecule has 1 aliphatic rings. The fourth-order valence-corrected chi connectivity index (χ4v) is 3.72. The van der Waals surface area contributed by atoms with E-state index in [1.807, 2.05) is 16.8 Å². The van der Waals surface area contributed by atoms with E-state index in [-0.39, 0.29) is 18.3 Å². The Hall–Kier alpha value is -3.00. The Morgan fingerprint density at radius 2 is 2.12 bits per heavy atom. The predicted molar refractivity (Wildman–Crippen MR) is 94.3 cm³/mol. The molecule has 0 aliphatic carbocycles. The zero-order valence-corrected chi connectivity index (χ0v) is 14.7. The van der Waals surface area contributed by atoms with Crippen molar-refractivity contribution < 1.29 is 14.0 Å². The van der Waals surface area contributed by atoms with Crippen LogP contribution < -0.4 is 5.32 Å². The van der Waals surface area contributed by atoms with Crippen LogP contribution in [-0.4, -0.2) is 26.6 Å². The average Bonchev–Trinajstić information content (AvgIpc) is 3.34. The maximum atomic E-state index is 13.4. The first-order chi connectivity index (χ1) is 12.5. The second-order valence-corrected chi connectivity index (χ2v) is 6.97. The Kier molecular flexibility index (Phi) is 3.84. The van der Waals surface area contributed by atoms with E-state index in [1.165, 1.54) is 28.2 Å². The number of urea groups is 1. The molecule has 0 spiro atoms. The summed E-state index contributed by atoms with van der Waals surface area (Å²) in [6, 6.07) is 9.10. The first kappa shape index (κ1) is 16.5. The van der Waals surface area contributed by atoms with Gasteiger partial charge in [0.25, 0.3) is 5.91 Å². The number of nitrogens with zero attached hydrogens (tertiary/aromatic N) is 3. The van der Waals surface area contributed by atoms with E-state index >= 15 is 0 Å². The summed E-state index contributed by atoms with van der Waals surface area (Å²) >= 11 is 1.47. The summed E-state index contributed by atoms with van der Waals surface area (Å²) in [5, 5.41) is 10.8. The highest BCUT2D eigenvalue weighted by molar-refractivity contribution is 7.08. The summed E-state index contributed by atoms with van der Waals surface area (Å²) in [6.45, 7) is 1.74. The number of amides is 3. The summed E-state index contributed by atoms with van der Waals surface area (Å²) in [5.74, 6) is -0.679. The Morgan fingerprint density at radius 3 is 2.85 bits per heavy atom. The minimum absolute atomic E-state index is 0.0483. The van der Waals surface area contributed by atoms with Gasteiger partial charge in [-0.1, -0.05) is 6.07 Å². The third-order valence-corrected chi connectivity index (χ3v) is 5.09. The van der Waals surface area contributed by atoms with E-state index in [2.05, 4.69) is 10.4 Å². The van der Waals surface area contributed by atoms with E-state index in [0.29, 0.717) is 11.4 Å². The summed E-state index contributed by atoms with van der Waals surface area (Å²) in [4.78, 5) is 26.3. The van der Waals surface area contributed by atoms with Crippen LogP contribution in [0.3, 0.4) is 0 Å². The van der Waals surface area contributed by atoms with E-state index in [0.717, 1.165) is 10.5 Å². The van der Waals surface area contributed by atoms with Crippen molar-refractivity contribution in [2.75, 3.05) is 0 Å². The van der Waals surface area contributed by atoms with E-state index in [9.17, 15) is 14.0 Å². The molecule has 6 nitrogen and oxygen atoms in total. The normalized spacial score (nSPS) is 19.8. The highest BCUT2D eigenvalue weighted by atomic mass is 32.1. The van der Waals surface area contributed by atoms with Gasteiger partial charge in [-0.15, -0.1) is 0 Å². The van der Waals surface area contributed by atoms with Crippen LogP contribution in [-0.2, 0) is 16.9 Å². The molecule has 3 amide bonds. The molecule has 1 atom stereocenters. The van der Waals surface area contributed by atoms with Gasteiger partial charge in [0.15, 0.2) is 0 Å². The topological polar surface area (TPSA) is 67.2 Å². The minimum atomic E-state index is -1.07. The van der Waals surface area contributed by atoms with Gasteiger partial charge in [0.1, 0.15) is 11.4 Å². The van der Waals surface area contributed by atoms with Gasteiger partial charge in [0.05, 0.1) is 17.9 Å². The summed E-state index contributed by atoms with van der Waals surface area (Å²) in [7, 11) is 0. The van der Waals surface area contributed by atoms with Crippen molar-refractivity contribution in [2.45, 2.75) is 19.0 Å². The molecule has 1 N–H and O–H groups in total. The summed E-state index contributed by atoms with van der Waals surface area (Å²) in [6.07, 6.45) is 1.67. The molecule has 0 bridgehead atoms. The summed E-state index contributed by atoms with van der Waals surface area (Å²) in [5.41, 5.74) is 0.792. The predicted octanol–water partition coefficient (Wildman–Crippen LogP) is 3.04. The fraction of sp³-hybridized carbons (Fsp3) is 0.167. The van der Waals surface area contributed by atoms with Crippen molar-refractivity contribution in [3.8, 4) is 5.69 Å². The van der Waals surface area contributed by atoms with Crippen LogP contribution >= 0.6 is 11.3 Å². The standard InChI is InChI=1S/C18H15FN4O2S/c1-18(12-6-8-26-11-12)16(24)22(17(25)20-18)10-14-5-7-23(21-14)15-4-2-3-13(19)9-15/h2-9,11H,10H2,1H3,(H,20,25). The largest absolute Gasteiger partial charge is 0.325 e.